The van der Waals surface area contributed by atoms with Crippen LogP contribution in [0, 0.1) is 16.0 Å². The average molecular weight is 317 g/mol. The van der Waals surface area contributed by atoms with E-state index in [0.29, 0.717) is 5.69 Å². The third-order valence-electron chi connectivity index (χ3n) is 2.36. The molecule has 6 nitrogen and oxygen atoms in total. The van der Waals surface area contributed by atoms with Crippen molar-refractivity contribution in [2.45, 2.75) is 6.92 Å². The second kappa shape index (κ2) is 6.34. The van der Waals surface area contributed by atoms with Crippen molar-refractivity contribution in [2.75, 3.05) is 19.0 Å². The first kappa shape index (κ1) is 14.4. The first-order valence-electron chi connectivity index (χ1n) is 5.21. The maximum absolute atomic E-state index is 11.2. The van der Waals surface area contributed by atoms with Gasteiger partial charge >= 0.3 is 5.97 Å². The number of methoxy groups -OCH3 is 1. The van der Waals surface area contributed by atoms with Gasteiger partial charge in [0.1, 0.15) is 5.69 Å². The van der Waals surface area contributed by atoms with Crippen LogP contribution in [0.3, 0.4) is 0 Å². The Balaban J connectivity index is 2.80. The SMILES string of the molecule is COC(=O)[C@@H](C)CNc1cc(Br)ccc1[N+](=O)[O-]. The van der Waals surface area contributed by atoms with Crippen molar-refractivity contribution in [3.05, 3.63) is 32.8 Å². The number of carbonyl (C=O) groups excluding carboxylic acids is 1. The Morgan fingerprint density at radius 2 is 2.28 bits per heavy atom. The monoisotopic (exact) mass is 316 g/mol. The number of hydrogen-bond acceptors (Lipinski definition) is 5. The van der Waals surface area contributed by atoms with E-state index >= 15 is 0 Å². The summed E-state index contributed by atoms with van der Waals surface area (Å²) in [5.41, 5.74) is 0.334. The van der Waals surface area contributed by atoms with E-state index in [4.69, 9.17) is 0 Å². The van der Waals surface area contributed by atoms with Gasteiger partial charge in [0.15, 0.2) is 0 Å². The molecule has 7 heteroatoms. The molecule has 1 atom stereocenters. The Labute approximate surface area is 113 Å². The summed E-state index contributed by atoms with van der Waals surface area (Å²) in [4.78, 5) is 21.6. The summed E-state index contributed by atoms with van der Waals surface area (Å²) in [5, 5.41) is 13.7. The minimum absolute atomic E-state index is 0.0322. The molecule has 18 heavy (non-hydrogen) atoms. The van der Waals surface area contributed by atoms with Gasteiger partial charge in [0, 0.05) is 17.1 Å². The first-order valence-corrected chi connectivity index (χ1v) is 6.00. The minimum atomic E-state index is -0.475. The third kappa shape index (κ3) is 3.69. The molecule has 0 aliphatic carbocycles. The van der Waals surface area contributed by atoms with Gasteiger partial charge in [-0.15, -0.1) is 0 Å². The van der Waals surface area contributed by atoms with E-state index in [0.717, 1.165) is 4.47 Å². The van der Waals surface area contributed by atoms with Crippen LogP contribution in [-0.2, 0) is 9.53 Å². The summed E-state index contributed by atoms with van der Waals surface area (Å²) in [7, 11) is 1.31. The van der Waals surface area contributed by atoms with Gasteiger partial charge in [0.2, 0.25) is 0 Å². The van der Waals surface area contributed by atoms with Crippen molar-refractivity contribution in [1.29, 1.82) is 0 Å². The zero-order valence-electron chi connectivity index (χ0n) is 9.97. The zero-order valence-corrected chi connectivity index (χ0v) is 11.6. The Morgan fingerprint density at radius 3 is 2.83 bits per heavy atom. The van der Waals surface area contributed by atoms with Crippen molar-refractivity contribution >= 4 is 33.3 Å². The van der Waals surface area contributed by atoms with E-state index in [1.54, 1.807) is 19.1 Å². The fourth-order valence-electron chi connectivity index (χ4n) is 1.36. The van der Waals surface area contributed by atoms with E-state index in [9.17, 15) is 14.9 Å². The van der Waals surface area contributed by atoms with E-state index in [1.165, 1.54) is 13.2 Å². The molecular formula is C11H13BrN2O4. The highest BCUT2D eigenvalue weighted by Crippen LogP contribution is 2.27. The largest absolute Gasteiger partial charge is 0.469 e. The number of anilines is 1. The lowest BCUT2D eigenvalue weighted by molar-refractivity contribution is -0.384. The Bertz CT molecular complexity index is 464. The predicted octanol–water partition coefficient (Wildman–Crippen LogP) is 2.58. The van der Waals surface area contributed by atoms with Crippen LogP contribution in [0.1, 0.15) is 6.92 Å². The lowest BCUT2D eigenvalue weighted by Gasteiger charge is -2.11. The smallest absolute Gasteiger partial charge is 0.310 e. The highest BCUT2D eigenvalue weighted by molar-refractivity contribution is 9.10. The van der Waals surface area contributed by atoms with Gasteiger partial charge in [-0.3, -0.25) is 14.9 Å². The van der Waals surface area contributed by atoms with Crippen molar-refractivity contribution in [1.82, 2.24) is 0 Å². The maximum Gasteiger partial charge on any atom is 0.310 e. The quantitative estimate of drug-likeness (QED) is 0.513. The fraction of sp³-hybridized carbons (Fsp3) is 0.364. The molecule has 0 saturated carbocycles. The molecule has 0 aliphatic heterocycles. The van der Waals surface area contributed by atoms with Gasteiger partial charge in [0.05, 0.1) is 18.0 Å². The Morgan fingerprint density at radius 1 is 1.61 bits per heavy atom. The van der Waals surface area contributed by atoms with Gasteiger partial charge < -0.3 is 10.1 Å². The molecule has 0 unspecified atom stereocenters. The van der Waals surface area contributed by atoms with Crippen LogP contribution in [-0.4, -0.2) is 24.5 Å². The molecule has 0 heterocycles. The van der Waals surface area contributed by atoms with Gasteiger partial charge in [0.25, 0.3) is 5.69 Å². The van der Waals surface area contributed by atoms with Crippen LogP contribution in [0.4, 0.5) is 11.4 Å². The second-order valence-electron chi connectivity index (χ2n) is 3.72. The third-order valence-corrected chi connectivity index (χ3v) is 2.85. The number of hydrogen-bond donors (Lipinski definition) is 1. The molecule has 1 N–H and O–H groups in total. The van der Waals surface area contributed by atoms with Crippen LogP contribution in [0.15, 0.2) is 22.7 Å². The van der Waals surface area contributed by atoms with E-state index in [1.807, 2.05) is 0 Å². The highest BCUT2D eigenvalue weighted by Gasteiger charge is 2.17. The highest BCUT2D eigenvalue weighted by atomic mass is 79.9. The van der Waals surface area contributed by atoms with Crippen LogP contribution in [0.5, 0.6) is 0 Å². The topological polar surface area (TPSA) is 81.5 Å². The van der Waals surface area contributed by atoms with E-state index < -0.39 is 4.92 Å². The summed E-state index contributed by atoms with van der Waals surface area (Å²) in [6, 6.07) is 4.59. The molecule has 0 amide bonds. The van der Waals surface area contributed by atoms with Gasteiger partial charge in [-0.2, -0.15) is 0 Å². The number of halogens is 1. The number of rotatable bonds is 5. The van der Waals surface area contributed by atoms with Crippen molar-refractivity contribution in [3.8, 4) is 0 Å². The molecular weight excluding hydrogens is 304 g/mol. The zero-order chi connectivity index (χ0) is 13.7. The van der Waals surface area contributed by atoms with Gasteiger partial charge in [-0.25, -0.2) is 0 Å². The predicted molar refractivity (Wildman–Crippen MR) is 70.5 cm³/mol. The standard InChI is InChI=1S/C11H13BrN2O4/c1-7(11(15)18-2)6-13-9-5-8(12)3-4-10(9)14(16)17/h3-5,7,13H,6H2,1-2H3/t7-/m0/s1. The summed E-state index contributed by atoms with van der Waals surface area (Å²) in [5.74, 6) is -0.742. The fourth-order valence-corrected chi connectivity index (χ4v) is 1.72. The summed E-state index contributed by atoms with van der Waals surface area (Å²) < 4.78 is 5.30. The molecule has 0 bridgehead atoms. The number of benzene rings is 1. The summed E-state index contributed by atoms with van der Waals surface area (Å²) >= 11 is 3.24. The average Bonchev–Trinajstić information content (AvgIpc) is 2.34. The second-order valence-corrected chi connectivity index (χ2v) is 4.64. The molecule has 0 fully saturated rings. The molecule has 1 aromatic rings. The minimum Gasteiger partial charge on any atom is -0.469 e. The van der Waals surface area contributed by atoms with Crippen LogP contribution in [0.25, 0.3) is 0 Å². The van der Waals surface area contributed by atoms with E-state index in [-0.39, 0.29) is 24.1 Å². The van der Waals surface area contributed by atoms with Crippen molar-refractivity contribution < 1.29 is 14.5 Å². The number of nitro groups is 1. The number of ether oxygens (including phenoxy) is 1. The number of carbonyl (C=O) groups is 1. The number of nitrogens with zero attached hydrogens (tertiary/aromatic N) is 1. The molecule has 0 aromatic heterocycles. The molecule has 1 aromatic carbocycles. The van der Waals surface area contributed by atoms with Gasteiger partial charge in [-0.05, 0) is 12.1 Å². The molecule has 0 aliphatic rings. The lowest BCUT2D eigenvalue weighted by atomic mass is 10.2. The van der Waals surface area contributed by atoms with Crippen molar-refractivity contribution in [2.24, 2.45) is 5.92 Å². The Hall–Kier alpha value is -1.63. The number of nitrogens with one attached hydrogen (secondary N) is 1. The normalized spacial score (nSPS) is 11.7. The first-order chi connectivity index (χ1) is 8.45. The Kier molecular flexibility index (Phi) is 5.08. The van der Waals surface area contributed by atoms with Crippen LogP contribution < -0.4 is 5.32 Å². The molecule has 1 rings (SSSR count). The van der Waals surface area contributed by atoms with Crippen LogP contribution >= 0.6 is 15.9 Å². The molecule has 0 saturated heterocycles. The summed E-state index contributed by atoms with van der Waals surface area (Å²) in [6.07, 6.45) is 0. The molecule has 0 radical (unpaired) electrons. The van der Waals surface area contributed by atoms with Gasteiger partial charge in [-0.1, -0.05) is 22.9 Å². The van der Waals surface area contributed by atoms with Crippen LogP contribution in [0.2, 0.25) is 0 Å². The molecule has 98 valence electrons. The lowest BCUT2D eigenvalue weighted by Crippen LogP contribution is -2.21. The maximum atomic E-state index is 11.2. The summed E-state index contributed by atoms with van der Waals surface area (Å²) in [6.45, 7) is 1.95. The van der Waals surface area contributed by atoms with Crippen molar-refractivity contribution in [3.63, 3.8) is 0 Å². The number of nitro benzene ring substituents is 1. The number of esters is 1. The van der Waals surface area contributed by atoms with E-state index in [2.05, 4.69) is 26.0 Å². The molecule has 0 spiro atoms.